The van der Waals surface area contributed by atoms with Crippen LogP contribution in [0, 0.1) is 0 Å². The summed E-state index contributed by atoms with van der Waals surface area (Å²) in [5.74, 6) is 1.01. The molecule has 2 aromatic rings. The Labute approximate surface area is 167 Å². The number of pyridine rings is 2. The van der Waals surface area contributed by atoms with Crippen LogP contribution in [-0.4, -0.2) is 68.1 Å². The van der Waals surface area contributed by atoms with Gasteiger partial charge in [-0.25, -0.2) is 4.98 Å². The second-order valence-electron chi connectivity index (χ2n) is 7.65. The molecule has 28 heavy (non-hydrogen) atoms. The minimum absolute atomic E-state index is 0.0643. The highest BCUT2D eigenvalue weighted by atomic mass is 16.2. The van der Waals surface area contributed by atoms with E-state index in [-0.39, 0.29) is 5.91 Å². The van der Waals surface area contributed by atoms with Crippen molar-refractivity contribution in [2.45, 2.75) is 25.3 Å². The lowest BCUT2D eigenvalue weighted by Crippen LogP contribution is -2.33. The highest BCUT2D eigenvalue weighted by Gasteiger charge is 2.24. The minimum Gasteiger partial charge on any atom is -0.381 e. The molecule has 3 heterocycles. The van der Waals surface area contributed by atoms with Gasteiger partial charge in [-0.3, -0.25) is 9.78 Å². The van der Waals surface area contributed by atoms with Gasteiger partial charge in [-0.2, -0.15) is 0 Å². The molecular weight excluding hydrogens is 352 g/mol. The molecule has 0 aliphatic carbocycles. The van der Waals surface area contributed by atoms with Crippen LogP contribution in [0.5, 0.6) is 0 Å². The van der Waals surface area contributed by atoms with Gasteiger partial charge in [-0.1, -0.05) is 0 Å². The van der Waals surface area contributed by atoms with Crippen molar-refractivity contribution in [1.82, 2.24) is 14.9 Å². The van der Waals surface area contributed by atoms with Crippen molar-refractivity contribution in [3.8, 4) is 0 Å². The molecule has 1 aliphatic rings. The summed E-state index contributed by atoms with van der Waals surface area (Å²) in [5.41, 5.74) is 2.60. The van der Waals surface area contributed by atoms with Crippen LogP contribution in [0.2, 0.25) is 0 Å². The predicted octanol–water partition coefficient (Wildman–Crippen LogP) is 2.72. The Bertz CT molecular complexity index is 790. The van der Waals surface area contributed by atoms with Gasteiger partial charge in [0.05, 0.1) is 23.1 Å². The molecule has 1 atom stereocenters. The fourth-order valence-electron chi connectivity index (χ4n) is 3.53. The van der Waals surface area contributed by atoms with E-state index in [0.717, 1.165) is 49.5 Å². The maximum absolute atomic E-state index is 13.1. The number of nitrogens with one attached hydrogen (secondary N) is 1. The molecule has 0 aromatic carbocycles. The number of likely N-dealkylation sites (tertiary alicyclic amines) is 1. The first-order valence-corrected chi connectivity index (χ1v) is 9.76. The summed E-state index contributed by atoms with van der Waals surface area (Å²) in [5, 5.41) is 3.58. The Kier molecular flexibility index (Phi) is 6.34. The van der Waals surface area contributed by atoms with E-state index in [2.05, 4.69) is 21.4 Å². The van der Waals surface area contributed by atoms with Crippen LogP contribution in [-0.2, 0) is 0 Å². The molecule has 1 N–H and O–H groups in total. The van der Waals surface area contributed by atoms with Crippen molar-refractivity contribution in [3.63, 3.8) is 0 Å². The van der Waals surface area contributed by atoms with Crippen molar-refractivity contribution < 1.29 is 4.79 Å². The Morgan fingerprint density at radius 2 is 1.89 bits per heavy atom. The summed E-state index contributed by atoms with van der Waals surface area (Å²) in [7, 11) is 7.86. The third kappa shape index (κ3) is 4.71. The first-order valence-electron chi connectivity index (χ1n) is 9.76. The Hall–Kier alpha value is -2.83. The molecule has 150 valence electrons. The van der Waals surface area contributed by atoms with Gasteiger partial charge in [0, 0.05) is 59.7 Å². The normalized spacial score (nSPS) is 17.0. The summed E-state index contributed by atoms with van der Waals surface area (Å²) in [6.45, 7) is 1.51. The number of hydrogen-bond acceptors (Lipinski definition) is 6. The lowest BCUT2D eigenvalue weighted by molar-refractivity contribution is 0.0761. The minimum atomic E-state index is 0.0643. The lowest BCUT2D eigenvalue weighted by Gasteiger charge is -2.24. The van der Waals surface area contributed by atoms with Crippen molar-refractivity contribution in [1.29, 1.82) is 0 Å². The van der Waals surface area contributed by atoms with Crippen molar-refractivity contribution >= 4 is 23.1 Å². The van der Waals surface area contributed by atoms with E-state index in [1.54, 1.807) is 12.4 Å². The van der Waals surface area contributed by atoms with Gasteiger partial charge in [-0.05, 0) is 37.5 Å². The Morgan fingerprint density at radius 3 is 2.57 bits per heavy atom. The van der Waals surface area contributed by atoms with Gasteiger partial charge in [0.1, 0.15) is 5.82 Å². The topological polar surface area (TPSA) is 64.6 Å². The van der Waals surface area contributed by atoms with E-state index in [4.69, 9.17) is 0 Å². The summed E-state index contributed by atoms with van der Waals surface area (Å²) < 4.78 is 0. The first kappa shape index (κ1) is 19.9. The summed E-state index contributed by atoms with van der Waals surface area (Å²) in [6.07, 6.45) is 8.21. The molecule has 7 heteroatoms. The van der Waals surface area contributed by atoms with Crippen molar-refractivity contribution in [2.24, 2.45) is 0 Å². The zero-order valence-electron chi connectivity index (χ0n) is 17.2. The zero-order chi connectivity index (χ0) is 20.1. The number of hydrogen-bond donors (Lipinski definition) is 1. The molecule has 0 saturated carbocycles. The predicted molar refractivity (Wildman–Crippen MR) is 114 cm³/mol. The molecule has 1 saturated heterocycles. The van der Waals surface area contributed by atoms with Gasteiger partial charge in [0.25, 0.3) is 5.91 Å². The SMILES string of the molecule is CN(C)c1ccc(N[C@@H]2CCCN(C(=O)c3cnccc3N(C)C)CC2)cn1. The third-order valence-electron chi connectivity index (χ3n) is 5.10. The number of carbonyl (C=O) groups excluding carboxylic acids is 1. The van der Waals surface area contributed by atoms with E-state index in [0.29, 0.717) is 11.6 Å². The monoisotopic (exact) mass is 382 g/mol. The van der Waals surface area contributed by atoms with Crippen LogP contribution < -0.4 is 15.1 Å². The average Bonchev–Trinajstić information content (AvgIpc) is 2.93. The lowest BCUT2D eigenvalue weighted by atomic mass is 10.1. The fraction of sp³-hybridized carbons (Fsp3) is 0.476. The second-order valence-corrected chi connectivity index (χ2v) is 7.65. The number of aromatic nitrogens is 2. The van der Waals surface area contributed by atoms with Crippen LogP contribution in [0.3, 0.4) is 0 Å². The number of carbonyl (C=O) groups is 1. The Morgan fingerprint density at radius 1 is 1.07 bits per heavy atom. The van der Waals surface area contributed by atoms with Gasteiger partial charge >= 0.3 is 0 Å². The van der Waals surface area contributed by atoms with Crippen LogP contribution in [0.1, 0.15) is 29.6 Å². The second kappa shape index (κ2) is 8.91. The highest BCUT2D eigenvalue weighted by molar-refractivity contribution is 5.99. The molecule has 7 nitrogen and oxygen atoms in total. The van der Waals surface area contributed by atoms with Gasteiger partial charge in [-0.15, -0.1) is 0 Å². The number of rotatable bonds is 5. The first-order chi connectivity index (χ1) is 13.5. The largest absolute Gasteiger partial charge is 0.381 e. The maximum Gasteiger partial charge on any atom is 0.257 e. The van der Waals surface area contributed by atoms with Crippen molar-refractivity contribution in [2.75, 3.05) is 56.4 Å². The van der Waals surface area contributed by atoms with Gasteiger partial charge in [0.2, 0.25) is 0 Å². The van der Waals surface area contributed by atoms with E-state index < -0.39 is 0 Å². The number of amides is 1. The van der Waals surface area contributed by atoms with Gasteiger partial charge < -0.3 is 20.0 Å². The number of nitrogens with zero attached hydrogens (tertiary/aromatic N) is 5. The molecule has 3 rings (SSSR count). The molecule has 0 spiro atoms. The van der Waals surface area contributed by atoms with E-state index >= 15 is 0 Å². The quantitative estimate of drug-likeness (QED) is 0.858. The third-order valence-corrected chi connectivity index (χ3v) is 5.10. The summed E-state index contributed by atoms with van der Waals surface area (Å²) in [4.78, 5) is 27.6. The molecule has 0 unspecified atom stereocenters. The van der Waals surface area contributed by atoms with E-state index in [9.17, 15) is 4.79 Å². The molecule has 2 aromatic heterocycles. The summed E-state index contributed by atoms with van der Waals surface area (Å²) in [6, 6.07) is 6.31. The van der Waals surface area contributed by atoms with Crippen molar-refractivity contribution in [3.05, 3.63) is 42.4 Å². The summed E-state index contributed by atoms with van der Waals surface area (Å²) >= 11 is 0. The zero-order valence-corrected chi connectivity index (χ0v) is 17.2. The van der Waals surface area contributed by atoms with Crippen LogP contribution in [0.15, 0.2) is 36.8 Å². The molecule has 0 bridgehead atoms. The van der Waals surface area contributed by atoms with Crippen LogP contribution in [0.4, 0.5) is 17.2 Å². The highest BCUT2D eigenvalue weighted by Crippen LogP contribution is 2.22. The Balaban J connectivity index is 1.62. The van der Waals surface area contributed by atoms with E-state index in [1.807, 2.05) is 61.2 Å². The fourth-order valence-corrected chi connectivity index (χ4v) is 3.53. The number of anilines is 3. The van der Waals surface area contributed by atoms with E-state index in [1.165, 1.54) is 0 Å². The molecule has 0 radical (unpaired) electrons. The molecular formula is C21H30N6O. The maximum atomic E-state index is 13.1. The van der Waals surface area contributed by atoms with Crippen LogP contribution in [0.25, 0.3) is 0 Å². The standard InChI is InChI=1S/C21H30N6O/c1-25(2)19-9-11-22-15-18(19)21(28)27-12-5-6-16(10-13-27)24-17-7-8-20(23-14-17)26(3)4/h7-9,11,14-16,24H,5-6,10,12-13H2,1-4H3/t16-/m1/s1. The van der Waals surface area contributed by atoms with Gasteiger partial charge in [0.15, 0.2) is 0 Å². The average molecular weight is 383 g/mol. The molecule has 1 aliphatic heterocycles. The molecule has 1 fully saturated rings. The smallest absolute Gasteiger partial charge is 0.257 e. The molecule has 1 amide bonds. The van der Waals surface area contributed by atoms with Crippen LogP contribution >= 0.6 is 0 Å².